The Bertz CT molecular complexity index is 930. The van der Waals surface area contributed by atoms with Crippen LogP contribution in [0, 0.1) is 11.6 Å². The molecule has 2 amide bonds. The molecular formula is C21H20F2N2O4. The second-order valence-corrected chi connectivity index (χ2v) is 6.18. The van der Waals surface area contributed by atoms with E-state index in [1.165, 1.54) is 26.0 Å². The molecule has 0 fully saturated rings. The van der Waals surface area contributed by atoms with Crippen molar-refractivity contribution in [3.05, 3.63) is 77.0 Å². The molecule has 0 unspecified atom stereocenters. The average Bonchev–Trinajstić information content (AvgIpc) is 2.66. The lowest BCUT2D eigenvalue weighted by atomic mass is 10.1. The van der Waals surface area contributed by atoms with Crippen LogP contribution in [0.25, 0.3) is 6.08 Å². The van der Waals surface area contributed by atoms with Crippen LogP contribution in [-0.2, 0) is 19.1 Å². The van der Waals surface area contributed by atoms with Gasteiger partial charge in [0.05, 0.1) is 6.04 Å². The Balaban J connectivity index is 1.98. The highest BCUT2D eigenvalue weighted by Gasteiger charge is 2.18. The van der Waals surface area contributed by atoms with Gasteiger partial charge < -0.3 is 15.4 Å². The number of nitrogens with one attached hydrogen (secondary N) is 2. The second-order valence-electron chi connectivity index (χ2n) is 6.18. The van der Waals surface area contributed by atoms with E-state index in [0.29, 0.717) is 11.6 Å². The van der Waals surface area contributed by atoms with Gasteiger partial charge in [-0.2, -0.15) is 0 Å². The number of carbonyl (C=O) groups is 3. The van der Waals surface area contributed by atoms with Gasteiger partial charge in [0.1, 0.15) is 17.3 Å². The molecule has 1 atom stereocenters. The van der Waals surface area contributed by atoms with Crippen LogP contribution in [0.1, 0.15) is 31.0 Å². The van der Waals surface area contributed by atoms with Crippen LogP contribution < -0.4 is 10.6 Å². The normalized spacial score (nSPS) is 12.1. The van der Waals surface area contributed by atoms with Crippen molar-refractivity contribution < 1.29 is 27.9 Å². The number of amides is 2. The third kappa shape index (κ3) is 6.84. The molecule has 0 aliphatic rings. The Morgan fingerprint density at radius 2 is 1.79 bits per heavy atom. The highest BCUT2D eigenvalue weighted by Crippen LogP contribution is 2.17. The van der Waals surface area contributed by atoms with Crippen LogP contribution in [0.5, 0.6) is 0 Å². The molecule has 0 heterocycles. The van der Waals surface area contributed by atoms with Gasteiger partial charge in [-0.25, -0.2) is 13.6 Å². The van der Waals surface area contributed by atoms with Crippen molar-refractivity contribution in [3.8, 4) is 0 Å². The molecule has 29 heavy (non-hydrogen) atoms. The van der Waals surface area contributed by atoms with Gasteiger partial charge in [0.15, 0.2) is 6.61 Å². The minimum Gasteiger partial charge on any atom is -0.451 e. The zero-order valence-corrected chi connectivity index (χ0v) is 15.9. The van der Waals surface area contributed by atoms with Crippen molar-refractivity contribution >= 4 is 23.9 Å². The number of ether oxygens (including phenoxy) is 1. The fourth-order valence-electron chi connectivity index (χ4n) is 2.47. The van der Waals surface area contributed by atoms with E-state index in [1.54, 1.807) is 30.3 Å². The van der Waals surface area contributed by atoms with Gasteiger partial charge in [-0.15, -0.1) is 0 Å². The molecule has 2 aromatic carbocycles. The van der Waals surface area contributed by atoms with E-state index >= 15 is 0 Å². The number of hydrogen-bond acceptors (Lipinski definition) is 4. The monoisotopic (exact) mass is 402 g/mol. The summed E-state index contributed by atoms with van der Waals surface area (Å²) < 4.78 is 31.7. The molecule has 152 valence electrons. The van der Waals surface area contributed by atoms with Gasteiger partial charge in [-0.1, -0.05) is 36.4 Å². The molecule has 6 nitrogen and oxygen atoms in total. The molecule has 0 bridgehead atoms. The summed E-state index contributed by atoms with van der Waals surface area (Å²) in [5, 5.41) is 4.82. The molecule has 0 aliphatic carbocycles. The maximum absolute atomic E-state index is 13.8. The van der Waals surface area contributed by atoms with Crippen LogP contribution in [0.2, 0.25) is 0 Å². The van der Waals surface area contributed by atoms with E-state index in [4.69, 9.17) is 4.74 Å². The molecule has 8 heteroatoms. The summed E-state index contributed by atoms with van der Waals surface area (Å²) in [7, 11) is 0. The highest BCUT2D eigenvalue weighted by molar-refractivity contribution is 5.98. The summed E-state index contributed by atoms with van der Waals surface area (Å²) in [6, 6.07) is 11.0. The van der Waals surface area contributed by atoms with Crippen LogP contribution in [0.15, 0.2) is 54.2 Å². The fourth-order valence-corrected chi connectivity index (χ4v) is 2.47. The second kappa shape index (κ2) is 10.1. The summed E-state index contributed by atoms with van der Waals surface area (Å²) in [6.07, 6.45) is 1.41. The topological polar surface area (TPSA) is 84.5 Å². The van der Waals surface area contributed by atoms with Gasteiger partial charge in [0, 0.05) is 18.6 Å². The van der Waals surface area contributed by atoms with Crippen molar-refractivity contribution in [3.63, 3.8) is 0 Å². The molecule has 0 saturated heterocycles. The lowest BCUT2D eigenvalue weighted by Gasteiger charge is -2.15. The lowest BCUT2D eigenvalue weighted by molar-refractivity contribution is -0.145. The van der Waals surface area contributed by atoms with Crippen molar-refractivity contribution in [2.24, 2.45) is 0 Å². The maximum atomic E-state index is 13.8. The summed E-state index contributed by atoms with van der Waals surface area (Å²) in [4.78, 5) is 35.6. The standard InChI is InChI=1S/C21H20F2N2O4/c1-13(17-9-8-16(22)11-18(17)23)24-20(27)12-29-21(28)19(25-14(2)26)10-15-6-4-3-5-7-15/h3-11,13H,12H2,1-2H3,(H,24,27)(H,25,26)/b19-10-/t13-/m0/s1. The lowest BCUT2D eigenvalue weighted by Crippen LogP contribution is -2.33. The Labute approximate surface area is 166 Å². The molecule has 2 rings (SSSR count). The highest BCUT2D eigenvalue weighted by atomic mass is 19.1. The van der Waals surface area contributed by atoms with Gasteiger partial charge >= 0.3 is 5.97 Å². The first-order chi connectivity index (χ1) is 13.8. The number of esters is 1. The molecule has 2 aromatic rings. The van der Waals surface area contributed by atoms with Crippen LogP contribution >= 0.6 is 0 Å². The Hall–Kier alpha value is -3.55. The number of halogens is 2. The predicted octanol–water partition coefficient (Wildman–Crippen LogP) is 2.86. The Kier molecular flexibility index (Phi) is 7.59. The summed E-state index contributed by atoms with van der Waals surface area (Å²) in [5.74, 6) is -3.59. The molecule has 0 radical (unpaired) electrons. The average molecular weight is 402 g/mol. The number of carbonyl (C=O) groups excluding carboxylic acids is 3. The van der Waals surface area contributed by atoms with Crippen molar-refractivity contribution in [2.45, 2.75) is 19.9 Å². The van der Waals surface area contributed by atoms with Gasteiger partial charge in [-0.05, 0) is 24.6 Å². The number of benzene rings is 2. The summed E-state index contributed by atoms with van der Waals surface area (Å²) in [6.45, 7) is 2.10. The van der Waals surface area contributed by atoms with E-state index in [-0.39, 0.29) is 11.3 Å². The summed E-state index contributed by atoms with van der Waals surface area (Å²) >= 11 is 0. The first-order valence-electron chi connectivity index (χ1n) is 8.72. The van der Waals surface area contributed by atoms with Crippen molar-refractivity contribution in [2.75, 3.05) is 6.61 Å². The van der Waals surface area contributed by atoms with Crippen molar-refractivity contribution in [1.82, 2.24) is 10.6 Å². The SMILES string of the molecule is CC(=O)N/C(=C\c1ccccc1)C(=O)OCC(=O)N[C@@H](C)c1ccc(F)cc1F. The molecule has 0 spiro atoms. The molecule has 0 aromatic heterocycles. The van der Waals surface area contributed by atoms with E-state index in [9.17, 15) is 23.2 Å². The van der Waals surface area contributed by atoms with E-state index in [2.05, 4.69) is 10.6 Å². The predicted molar refractivity (Wildman–Crippen MR) is 102 cm³/mol. The summed E-state index contributed by atoms with van der Waals surface area (Å²) in [5.41, 5.74) is 0.612. The van der Waals surface area contributed by atoms with Crippen molar-refractivity contribution in [1.29, 1.82) is 0 Å². The Morgan fingerprint density at radius 1 is 1.10 bits per heavy atom. The minimum absolute atomic E-state index is 0.0917. The van der Waals surface area contributed by atoms with E-state index in [1.807, 2.05) is 0 Å². The molecular weight excluding hydrogens is 382 g/mol. The first kappa shape index (κ1) is 21.7. The molecule has 0 aliphatic heterocycles. The Morgan fingerprint density at radius 3 is 2.41 bits per heavy atom. The van der Waals surface area contributed by atoms with E-state index < -0.39 is 42.1 Å². The molecule has 0 saturated carbocycles. The maximum Gasteiger partial charge on any atom is 0.355 e. The smallest absolute Gasteiger partial charge is 0.355 e. The molecule has 2 N–H and O–H groups in total. The first-order valence-corrected chi connectivity index (χ1v) is 8.72. The van der Waals surface area contributed by atoms with Crippen LogP contribution in [-0.4, -0.2) is 24.4 Å². The zero-order valence-electron chi connectivity index (χ0n) is 15.9. The minimum atomic E-state index is -0.903. The van der Waals surface area contributed by atoms with E-state index in [0.717, 1.165) is 6.07 Å². The van der Waals surface area contributed by atoms with Crippen LogP contribution in [0.3, 0.4) is 0 Å². The van der Waals surface area contributed by atoms with Gasteiger partial charge in [-0.3, -0.25) is 9.59 Å². The number of hydrogen-bond donors (Lipinski definition) is 2. The third-order valence-electron chi connectivity index (χ3n) is 3.78. The quantitative estimate of drug-likeness (QED) is 0.551. The van der Waals surface area contributed by atoms with Gasteiger partial charge in [0.2, 0.25) is 5.91 Å². The fraction of sp³-hybridized carbons (Fsp3) is 0.190. The van der Waals surface area contributed by atoms with Gasteiger partial charge in [0.25, 0.3) is 5.91 Å². The third-order valence-corrected chi connectivity index (χ3v) is 3.78. The number of rotatable bonds is 7. The zero-order chi connectivity index (χ0) is 21.4. The largest absolute Gasteiger partial charge is 0.451 e. The van der Waals surface area contributed by atoms with Crippen LogP contribution in [0.4, 0.5) is 8.78 Å².